The maximum absolute atomic E-state index is 12.0. The van der Waals surface area contributed by atoms with Crippen LogP contribution < -0.4 is 14.3 Å². The van der Waals surface area contributed by atoms with Gasteiger partial charge in [0.15, 0.2) is 5.75 Å². The molecule has 6 nitrogen and oxygen atoms in total. The monoisotopic (exact) mass is 341 g/mol. The van der Waals surface area contributed by atoms with Gasteiger partial charge in [-0.3, -0.25) is 4.79 Å². The molecule has 126 valence electrons. The number of nitrogens with zero attached hydrogens (tertiary/aromatic N) is 1. The Balaban J connectivity index is 2.60. The minimum atomic E-state index is -0.687. The van der Waals surface area contributed by atoms with E-state index in [1.54, 1.807) is 18.9 Å². The molecule has 1 aliphatic heterocycles. The summed E-state index contributed by atoms with van der Waals surface area (Å²) in [6.07, 6.45) is 2.40. The van der Waals surface area contributed by atoms with Gasteiger partial charge in [0, 0.05) is 17.7 Å². The van der Waals surface area contributed by atoms with Crippen LogP contribution >= 0.6 is 11.6 Å². The lowest BCUT2D eigenvalue weighted by Gasteiger charge is -2.25. The standard InChI is InChI=1S/C16H20ClNO5/c1-9-13(21-3)10(2)15(12(16(17)20)14(9)22-4)23-18-7-5-6-11(18)8-19/h8,11H,5-7H2,1-4H3. The molecule has 23 heavy (non-hydrogen) atoms. The van der Waals surface area contributed by atoms with E-state index < -0.39 is 5.24 Å². The third-order valence-corrected chi connectivity index (χ3v) is 4.22. The van der Waals surface area contributed by atoms with Crippen molar-refractivity contribution in [1.82, 2.24) is 5.06 Å². The van der Waals surface area contributed by atoms with Crippen molar-refractivity contribution in [2.75, 3.05) is 20.8 Å². The largest absolute Gasteiger partial charge is 0.496 e. The van der Waals surface area contributed by atoms with Gasteiger partial charge in [0.2, 0.25) is 0 Å². The van der Waals surface area contributed by atoms with E-state index in [0.717, 1.165) is 12.7 Å². The summed E-state index contributed by atoms with van der Waals surface area (Å²) in [6, 6.07) is -0.342. The fourth-order valence-corrected chi connectivity index (χ4v) is 3.12. The molecule has 0 saturated carbocycles. The van der Waals surface area contributed by atoms with Crippen molar-refractivity contribution < 1.29 is 23.9 Å². The summed E-state index contributed by atoms with van der Waals surface area (Å²) < 4.78 is 10.7. The molecule has 1 aromatic carbocycles. The molecule has 1 fully saturated rings. The van der Waals surface area contributed by atoms with Crippen molar-refractivity contribution in [1.29, 1.82) is 0 Å². The van der Waals surface area contributed by atoms with E-state index in [1.165, 1.54) is 14.2 Å². The Labute approximate surface area is 140 Å². The molecule has 0 bridgehead atoms. The van der Waals surface area contributed by atoms with Crippen LogP contribution in [0.1, 0.15) is 34.3 Å². The molecule has 0 amide bonds. The highest BCUT2D eigenvalue weighted by Crippen LogP contribution is 2.44. The Morgan fingerprint density at radius 3 is 2.30 bits per heavy atom. The Hall–Kier alpha value is -1.79. The Kier molecular flexibility index (Phi) is 5.49. The van der Waals surface area contributed by atoms with Gasteiger partial charge >= 0.3 is 0 Å². The number of benzene rings is 1. The first-order valence-electron chi connectivity index (χ1n) is 7.31. The first kappa shape index (κ1) is 17.6. The van der Waals surface area contributed by atoms with Crippen molar-refractivity contribution >= 4 is 23.1 Å². The Morgan fingerprint density at radius 2 is 1.78 bits per heavy atom. The van der Waals surface area contributed by atoms with Crippen LogP contribution in [-0.4, -0.2) is 43.4 Å². The number of rotatable bonds is 6. The van der Waals surface area contributed by atoms with Crippen LogP contribution in [0.2, 0.25) is 0 Å². The van der Waals surface area contributed by atoms with E-state index in [9.17, 15) is 9.59 Å². The summed E-state index contributed by atoms with van der Waals surface area (Å²) in [7, 11) is 2.99. The second-order valence-corrected chi connectivity index (χ2v) is 5.72. The van der Waals surface area contributed by atoms with Gasteiger partial charge in [-0.15, -0.1) is 5.06 Å². The zero-order valence-electron chi connectivity index (χ0n) is 13.6. The molecule has 1 saturated heterocycles. The van der Waals surface area contributed by atoms with Gasteiger partial charge in [-0.25, -0.2) is 0 Å². The van der Waals surface area contributed by atoms with E-state index in [1.807, 2.05) is 0 Å². The first-order valence-corrected chi connectivity index (χ1v) is 7.68. The third-order valence-electron chi connectivity index (χ3n) is 4.04. The average Bonchev–Trinajstić information content (AvgIpc) is 2.97. The number of aldehydes is 1. The summed E-state index contributed by atoms with van der Waals surface area (Å²) in [5.74, 6) is 1.13. The van der Waals surface area contributed by atoms with Crippen LogP contribution in [0.5, 0.6) is 17.2 Å². The quantitative estimate of drug-likeness (QED) is 0.585. The minimum absolute atomic E-state index is 0.140. The summed E-state index contributed by atoms with van der Waals surface area (Å²) >= 11 is 5.76. The molecule has 0 spiro atoms. The molecule has 1 atom stereocenters. The lowest BCUT2D eigenvalue weighted by molar-refractivity contribution is -0.124. The number of methoxy groups -OCH3 is 2. The fraction of sp³-hybridized carbons (Fsp3) is 0.500. The van der Waals surface area contributed by atoms with E-state index in [2.05, 4.69) is 0 Å². The van der Waals surface area contributed by atoms with Gasteiger partial charge < -0.3 is 19.1 Å². The van der Waals surface area contributed by atoms with E-state index in [-0.39, 0.29) is 17.4 Å². The highest BCUT2D eigenvalue weighted by Gasteiger charge is 2.31. The van der Waals surface area contributed by atoms with Crippen molar-refractivity contribution in [3.8, 4) is 17.2 Å². The van der Waals surface area contributed by atoms with Crippen LogP contribution in [0.15, 0.2) is 0 Å². The topological polar surface area (TPSA) is 65.1 Å². The number of hydrogen-bond acceptors (Lipinski definition) is 6. The summed E-state index contributed by atoms with van der Waals surface area (Å²) in [5.41, 5.74) is 1.44. The lowest BCUT2D eigenvalue weighted by Crippen LogP contribution is -2.34. The molecule has 2 rings (SSSR count). The zero-order chi connectivity index (χ0) is 17.1. The fourth-order valence-electron chi connectivity index (χ4n) is 2.95. The first-order chi connectivity index (χ1) is 11.0. The maximum Gasteiger partial charge on any atom is 0.260 e. The minimum Gasteiger partial charge on any atom is -0.496 e. The van der Waals surface area contributed by atoms with Gasteiger partial charge in [-0.2, -0.15) is 0 Å². The average molecular weight is 342 g/mol. The highest BCUT2D eigenvalue weighted by atomic mass is 35.5. The normalized spacial score (nSPS) is 17.9. The molecule has 7 heteroatoms. The Morgan fingerprint density at radius 1 is 1.17 bits per heavy atom. The van der Waals surface area contributed by atoms with Crippen molar-refractivity contribution in [2.45, 2.75) is 32.7 Å². The summed E-state index contributed by atoms with van der Waals surface area (Å²) in [5, 5.41) is 0.875. The number of carbonyl (C=O) groups is 2. The Bertz CT molecular complexity index is 632. The molecular weight excluding hydrogens is 322 g/mol. The van der Waals surface area contributed by atoms with Crippen molar-refractivity contribution in [3.05, 3.63) is 16.7 Å². The summed E-state index contributed by atoms with van der Waals surface area (Å²) in [4.78, 5) is 29.0. The summed E-state index contributed by atoms with van der Waals surface area (Å²) in [6.45, 7) is 4.15. The lowest BCUT2D eigenvalue weighted by atomic mass is 10.0. The number of halogens is 1. The van der Waals surface area contributed by atoms with Gasteiger partial charge in [0.05, 0.1) is 14.2 Å². The molecule has 0 N–H and O–H groups in total. The third kappa shape index (κ3) is 3.14. The van der Waals surface area contributed by atoms with E-state index in [4.69, 9.17) is 25.9 Å². The van der Waals surface area contributed by atoms with Crippen LogP contribution in [0, 0.1) is 13.8 Å². The van der Waals surface area contributed by atoms with Crippen LogP contribution in [0.25, 0.3) is 0 Å². The van der Waals surface area contributed by atoms with E-state index in [0.29, 0.717) is 35.6 Å². The number of hydrogen-bond donors (Lipinski definition) is 0. The smallest absolute Gasteiger partial charge is 0.260 e. The molecule has 0 aliphatic carbocycles. The highest BCUT2D eigenvalue weighted by molar-refractivity contribution is 6.68. The SMILES string of the molecule is COc1c(C)c(OC)c(C(=O)Cl)c(ON2CCCC2C=O)c1C. The van der Waals surface area contributed by atoms with Crippen LogP contribution in [0.3, 0.4) is 0 Å². The molecule has 0 aromatic heterocycles. The molecular formula is C16H20ClNO5. The van der Waals surface area contributed by atoms with Gasteiger partial charge in [0.25, 0.3) is 5.24 Å². The van der Waals surface area contributed by atoms with Gasteiger partial charge in [-0.05, 0) is 38.3 Å². The molecule has 0 radical (unpaired) electrons. The predicted octanol–water partition coefficient (Wildman–Crippen LogP) is 2.66. The van der Waals surface area contributed by atoms with Crippen LogP contribution in [-0.2, 0) is 4.79 Å². The van der Waals surface area contributed by atoms with Crippen molar-refractivity contribution in [2.24, 2.45) is 0 Å². The van der Waals surface area contributed by atoms with Gasteiger partial charge in [-0.1, -0.05) is 0 Å². The second-order valence-electron chi connectivity index (χ2n) is 5.37. The number of hydroxylamine groups is 2. The zero-order valence-corrected chi connectivity index (χ0v) is 14.4. The van der Waals surface area contributed by atoms with Crippen molar-refractivity contribution in [3.63, 3.8) is 0 Å². The van der Waals surface area contributed by atoms with E-state index >= 15 is 0 Å². The molecule has 1 heterocycles. The number of ether oxygens (including phenoxy) is 2. The molecule has 1 unspecified atom stereocenters. The molecule has 1 aromatic rings. The predicted molar refractivity (Wildman–Crippen MR) is 85.6 cm³/mol. The maximum atomic E-state index is 12.0. The van der Waals surface area contributed by atoms with Crippen LogP contribution in [0.4, 0.5) is 0 Å². The second kappa shape index (κ2) is 7.19. The van der Waals surface area contributed by atoms with Gasteiger partial charge in [0.1, 0.15) is 29.4 Å². The molecule has 1 aliphatic rings. The number of carbonyl (C=O) groups excluding carboxylic acids is 2.